The number of aromatic nitrogens is 2. The van der Waals surface area contributed by atoms with Crippen LogP contribution in [0.5, 0.6) is 0 Å². The van der Waals surface area contributed by atoms with E-state index in [-0.39, 0.29) is 12.2 Å². The van der Waals surface area contributed by atoms with Crippen molar-refractivity contribution in [3.05, 3.63) is 28.1 Å². The predicted octanol–water partition coefficient (Wildman–Crippen LogP) is 2.56. The smallest absolute Gasteiger partial charge is 0.407 e. The molecule has 0 radical (unpaired) electrons. The fourth-order valence-corrected chi connectivity index (χ4v) is 3.03. The summed E-state index contributed by atoms with van der Waals surface area (Å²) >= 11 is 2.20. The Morgan fingerprint density at radius 1 is 1.36 bits per heavy atom. The van der Waals surface area contributed by atoms with Gasteiger partial charge in [-0.2, -0.15) is 0 Å². The van der Waals surface area contributed by atoms with E-state index in [0.29, 0.717) is 0 Å². The molecule has 116 valence electrons. The molecule has 3 rings (SSSR count). The van der Waals surface area contributed by atoms with E-state index in [9.17, 15) is 4.79 Å². The van der Waals surface area contributed by atoms with Gasteiger partial charge in [0.05, 0.1) is 22.9 Å². The van der Waals surface area contributed by atoms with Crippen LogP contribution in [0.4, 0.5) is 10.5 Å². The van der Waals surface area contributed by atoms with Gasteiger partial charge in [-0.1, -0.05) is 0 Å². The van der Waals surface area contributed by atoms with Crippen LogP contribution >= 0.6 is 22.6 Å². The van der Waals surface area contributed by atoms with Gasteiger partial charge in [-0.25, -0.2) is 9.78 Å². The number of hydrogen-bond donors (Lipinski definition) is 1. The van der Waals surface area contributed by atoms with E-state index in [0.717, 1.165) is 46.4 Å². The Kier molecular flexibility index (Phi) is 4.60. The largest absolute Gasteiger partial charge is 0.446 e. The first-order valence-corrected chi connectivity index (χ1v) is 8.29. The van der Waals surface area contributed by atoms with Crippen LogP contribution in [-0.2, 0) is 4.74 Å². The SMILES string of the molecule is CNC(=O)OC1CCN(c2cnc3ccc(I)nc3c2)CC1. The molecule has 2 aromatic heterocycles. The van der Waals surface area contributed by atoms with Crippen LogP contribution in [0.3, 0.4) is 0 Å². The second-order valence-electron chi connectivity index (χ2n) is 5.21. The Morgan fingerprint density at radius 3 is 2.86 bits per heavy atom. The molecule has 0 saturated carbocycles. The van der Waals surface area contributed by atoms with Gasteiger partial charge in [-0.3, -0.25) is 4.98 Å². The van der Waals surface area contributed by atoms with E-state index in [1.54, 1.807) is 7.05 Å². The molecular weight excluding hydrogens is 395 g/mol. The van der Waals surface area contributed by atoms with Gasteiger partial charge in [-0.05, 0) is 40.8 Å². The number of anilines is 1. The molecule has 2 aromatic rings. The molecule has 1 fully saturated rings. The quantitative estimate of drug-likeness (QED) is 0.607. The predicted molar refractivity (Wildman–Crippen MR) is 93.0 cm³/mol. The normalized spacial score (nSPS) is 15.8. The minimum atomic E-state index is -0.357. The van der Waals surface area contributed by atoms with Crippen molar-refractivity contribution in [3.8, 4) is 0 Å². The Hall–Kier alpha value is -1.64. The molecule has 3 heterocycles. The summed E-state index contributed by atoms with van der Waals surface area (Å²) in [4.78, 5) is 22.5. The van der Waals surface area contributed by atoms with Gasteiger partial charge in [0.2, 0.25) is 0 Å². The first-order chi connectivity index (χ1) is 10.7. The molecule has 22 heavy (non-hydrogen) atoms. The van der Waals surface area contributed by atoms with Crippen LogP contribution < -0.4 is 10.2 Å². The van der Waals surface area contributed by atoms with Crippen LogP contribution in [0.15, 0.2) is 24.4 Å². The summed E-state index contributed by atoms with van der Waals surface area (Å²) in [5, 5.41) is 2.49. The third-order valence-electron chi connectivity index (χ3n) is 3.77. The maximum Gasteiger partial charge on any atom is 0.407 e. The number of carbonyl (C=O) groups is 1. The summed E-state index contributed by atoms with van der Waals surface area (Å²) in [5.41, 5.74) is 2.88. The fourth-order valence-electron chi connectivity index (χ4n) is 2.59. The summed E-state index contributed by atoms with van der Waals surface area (Å²) in [6, 6.07) is 6.01. The zero-order chi connectivity index (χ0) is 15.5. The minimum absolute atomic E-state index is 0.0105. The number of nitrogens with one attached hydrogen (secondary N) is 1. The molecule has 0 spiro atoms. The Bertz CT molecular complexity index is 686. The Morgan fingerprint density at radius 2 is 2.14 bits per heavy atom. The third kappa shape index (κ3) is 3.40. The van der Waals surface area contributed by atoms with Crippen molar-refractivity contribution in [2.75, 3.05) is 25.0 Å². The number of piperidine rings is 1. The van der Waals surface area contributed by atoms with E-state index in [1.807, 2.05) is 18.3 Å². The van der Waals surface area contributed by atoms with Crippen molar-refractivity contribution in [1.82, 2.24) is 15.3 Å². The van der Waals surface area contributed by atoms with Crippen molar-refractivity contribution in [2.45, 2.75) is 18.9 Å². The molecule has 0 bridgehead atoms. The topological polar surface area (TPSA) is 67.3 Å². The molecule has 0 unspecified atom stereocenters. The Balaban J connectivity index is 1.69. The highest BCUT2D eigenvalue weighted by Crippen LogP contribution is 2.23. The van der Waals surface area contributed by atoms with Gasteiger partial charge in [0, 0.05) is 33.0 Å². The summed E-state index contributed by atoms with van der Waals surface area (Å²) in [6.07, 6.45) is 3.17. The van der Waals surface area contributed by atoms with E-state index in [2.05, 4.69) is 48.8 Å². The van der Waals surface area contributed by atoms with Crippen LogP contribution in [0, 0.1) is 3.70 Å². The molecule has 0 aliphatic carbocycles. The number of halogens is 1. The van der Waals surface area contributed by atoms with Crippen LogP contribution in [0.2, 0.25) is 0 Å². The number of alkyl carbamates (subject to hydrolysis) is 1. The van der Waals surface area contributed by atoms with Gasteiger partial charge in [-0.15, -0.1) is 0 Å². The highest BCUT2D eigenvalue weighted by Gasteiger charge is 2.22. The molecule has 1 aliphatic heterocycles. The van der Waals surface area contributed by atoms with Crippen molar-refractivity contribution < 1.29 is 9.53 Å². The zero-order valence-electron chi connectivity index (χ0n) is 12.3. The Labute approximate surface area is 142 Å². The number of nitrogens with zero attached hydrogens (tertiary/aromatic N) is 3. The van der Waals surface area contributed by atoms with Gasteiger partial charge >= 0.3 is 6.09 Å². The molecule has 1 amide bonds. The molecule has 0 aromatic carbocycles. The molecule has 1 N–H and O–H groups in total. The highest BCUT2D eigenvalue weighted by molar-refractivity contribution is 14.1. The lowest BCUT2D eigenvalue weighted by Crippen LogP contribution is -2.39. The van der Waals surface area contributed by atoms with E-state index in [4.69, 9.17) is 4.74 Å². The first-order valence-electron chi connectivity index (χ1n) is 7.21. The third-order valence-corrected chi connectivity index (χ3v) is 4.37. The highest BCUT2D eigenvalue weighted by atomic mass is 127. The van der Waals surface area contributed by atoms with Crippen molar-refractivity contribution in [1.29, 1.82) is 0 Å². The lowest BCUT2D eigenvalue weighted by Gasteiger charge is -2.33. The average molecular weight is 412 g/mol. The summed E-state index contributed by atoms with van der Waals surface area (Å²) in [6.45, 7) is 1.69. The van der Waals surface area contributed by atoms with Gasteiger partial charge < -0.3 is 15.0 Å². The second kappa shape index (κ2) is 6.64. The second-order valence-corrected chi connectivity index (χ2v) is 6.31. The lowest BCUT2D eigenvalue weighted by molar-refractivity contribution is 0.0849. The summed E-state index contributed by atoms with van der Waals surface area (Å²) in [5.74, 6) is 0. The van der Waals surface area contributed by atoms with E-state index >= 15 is 0 Å². The monoisotopic (exact) mass is 412 g/mol. The lowest BCUT2D eigenvalue weighted by atomic mass is 10.1. The number of rotatable bonds is 2. The summed E-state index contributed by atoms with van der Waals surface area (Å²) in [7, 11) is 1.58. The summed E-state index contributed by atoms with van der Waals surface area (Å²) < 4.78 is 6.26. The van der Waals surface area contributed by atoms with Crippen molar-refractivity contribution >= 4 is 45.4 Å². The molecule has 6 nitrogen and oxygen atoms in total. The maximum atomic E-state index is 11.2. The molecule has 1 aliphatic rings. The average Bonchev–Trinajstić information content (AvgIpc) is 2.54. The fraction of sp³-hybridized carbons (Fsp3) is 0.400. The maximum absolute atomic E-state index is 11.2. The number of fused-ring (bicyclic) bond motifs is 1. The zero-order valence-corrected chi connectivity index (χ0v) is 14.4. The van der Waals surface area contributed by atoms with Gasteiger partial charge in [0.1, 0.15) is 9.80 Å². The first kappa shape index (κ1) is 15.3. The van der Waals surface area contributed by atoms with Crippen LogP contribution in [0.25, 0.3) is 11.0 Å². The standard InChI is InChI=1S/C15H17IN4O2/c1-17-15(21)22-11-4-6-20(7-5-11)10-8-13-12(18-9-10)2-3-14(16)19-13/h2-3,8-9,11H,4-7H2,1H3,(H,17,21). The molecule has 0 atom stereocenters. The number of pyridine rings is 2. The number of amides is 1. The van der Waals surface area contributed by atoms with E-state index < -0.39 is 0 Å². The van der Waals surface area contributed by atoms with Crippen LogP contribution in [-0.4, -0.2) is 42.3 Å². The molecule has 7 heteroatoms. The molecular formula is C15H17IN4O2. The van der Waals surface area contributed by atoms with E-state index in [1.165, 1.54) is 0 Å². The van der Waals surface area contributed by atoms with Crippen molar-refractivity contribution in [3.63, 3.8) is 0 Å². The molecule has 1 saturated heterocycles. The van der Waals surface area contributed by atoms with Crippen molar-refractivity contribution in [2.24, 2.45) is 0 Å². The number of ether oxygens (including phenoxy) is 1. The van der Waals surface area contributed by atoms with Crippen LogP contribution in [0.1, 0.15) is 12.8 Å². The number of carbonyl (C=O) groups excluding carboxylic acids is 1. The van der Waals surface area contributed by atoms with Gasteiger partial charge in [0.15, 0.2) is 0 Å². The van der Waals surface area contributed by atoms with Gasteiger partial charge in [0.25, 0.3) is 0 Å². The minimum Gasteiger partial charge on any atom is -0.446 e. The number of hydrogen-bond acceptors (Lipinski definition) is 5.